The highest BCUT2D eigenvalue weighted by molar-refractivity contribution is 5.69. The van der Waals surface area contributed by atoms with Crippen LogP contribution in [0.1, 0.15) is 69.4 Å². The minimum absolute atomic E-state index is 0.149. The lowest BCUT2D eigenvalue weighted by Crippen LogP contribution is -2.35. The van der Waals surface area contributed by atoms with Crippen molar-refractivity contribution in [2.45, 2.75) is 71.3 Å². The van der Waals surface area contributed by atoms with Gasteiger partial charge in [-0.1, -0.05) is 69.7 Å². The number of hydrogen-bond acceptors (Lipinski definition) is 4. The Bertz CT molecular complexity index is 462. The fourth-order valence-electron chi connectivity index (χ4n) is 2.85. The number of unbranched alkanes of at least 4 members (excludes halogenated alkanes) is 6. The van der Waals surface area contributed by atoms with Crippen LogP contribution in [0.25, 0.3) is 0 Å². The van der Waals surface area contributed by atoms with E-state index < -0.39 is 0 Å². The Balaban J connectivity index is 1.57. The number of ether oxygens (including phenoxy) is 1. The molecule has 2 rings (SSSR count). The molecule has 0 aliphatic carbocycles. The average molecular weight is 333 g/mol. The van der Waals surface area contributed by atoms with Crippen molar-refractivity contribution in [3.05, 3.63) is 35.4 Å². The highest BCUT2D eigenvalue weighted by atomic mass is 16.7. The van der Waals surface area contributed by atoms with E-state index in [0.717, 1.165) is 12.0 Å². The van der Waals surface area contributed by atoms with Gasteiger partial charge in [-0.3, -0.25) is 9.63 Å². The van der Waals surface area contributed by atoms with Crippen LogP contribution >= 0.6 is 0 Å². The topological polar surface area (TPSA) is 38.8 Å². The molecule has 0 radical (unpaired) electrons. The first kappa shape index (κ1) is 18.9. The molecule has 4 heteroatoms. The quantitative estimate of drug-likeness (QED) is 0.437. The molecule has 0 spiro atoms. The van der Waals surface area contributed by atoms with Gasteiger partial charge in [0.2, 0.25) is 0 Å². The van der Waals surface area contributed by atoms with Crippen LogP contribution < -0.4 is 0 Å². The number of carbonyl (C=O) groups is 1. The minimum atomic E-state index is -0.149. The van der Waals surface area contributed by atoms with E-state index in [1.165, 1.54) is 50.5 Å². The van der Waals surface area contributed by atoms with E-state index in [4.69, 9.17) is 9.57 Å². The second-order valence-electron chi connectivity index (χ2n) is 6.56. The Kier molecular flexibility index (Phi) is 8.85. The zero-order chi connectivity index (χ0) is 17.0. The van der Waals surface area contributed by atoms with Gasteiger partial charge in [0.15, 0.2) is 6.73 Å². The van der Waals surface area contributed by atoms with Gasteiger partial charge in [0.05, 0.1) is 13.0 Å². The molecule has 0 aromatic heterocycles. The van der Waals surface area contributed by atoms with Gasteiger partial charge < -0.3 is 4.74 Å². The molecule has 1 saturated heterocycles. The molecule has 1 aliphatic rings. The Morgan fingerprint density at radius 1 is 1.00 bits per heavy atom. The first-order chi connectivity index (χ1) is 11.8. The Labute approximate surface area is 146 Å². The van der Waals surface area contributed by atoms with E-state index in [1.54, 1.807) is 5.06 Å². The molecular formula is C20H31NO3. The molecule has 1 aromatic carbocycles. The lowest BCUT2D eigenvalue weighted by Gasteiger charge is -2.24. The molecule has 0 saturated carbocycles. The largest absolute Gasteiger partial charge is 0.447 e. The normalized spacial score (nSPS) is 15.5. The monoisotopic (exact) mass is 333 g/mol. The van der Waals surface area contributed by atoms with Gasteiger partial charge in [-0.25, -0.2) is 0 Å². The predicted molar refractivity (Wildman–Crippen MR) is 95.2 cm³/mol. The zero-order valence-electron chi connectivity index (χ0n) is 15.0. The maximum Gasteiger partial charge on any atom is 0.308 e. The van der Waals surface area contributed by atoms with Gasteiger partial charge in [-0.15, -0.1) is 0 Å². The third-order valence-electron chi connectivity index (χ3n) is 4.44. The van der Waals surface area contributed by atoms with E-state index in [0.29, 0.717) is 19.6 Å². The third kappa shape index (κ3) is 7.45. The summed E-state index contributed by atoms with van der Waals surface area (Å²) in [6.07, 6.45) is 11.0. The number of hydroxylamine groups is 2. The molecule has 1 fully saturated rings. The number of carbonyl (C=O) groups excluding carboxylic acids is 1. The first-order valence-electron chi connectivity index (χ1n) is 9.39. The van der Waals surface area contributed by atoms with Crippen molar-refractivity contribution in [2.24, 2.45) is 0 Å². The summed E-state index contributed by atoms with van der Waals surface area (Å²) < 4.78 is 4.95. The SMILES string of the molecule is CCCCCCCCCc1ccc(CON2CCC(=O)OC2)cc1. The van der Waals surface area contributed by atoms with Gasteiger partial charge in [0.25, 0.3) is 0 Å². The van der Waals surface area contributed by atoms with Crippen molar-refractivity contribution in [3.63, 3.8) is 0 Å². The van der Waals surface area contributed by atoms with E-state index in [1.807, 2.05) is 0 Å². The average Bonchev–Trinajstić information content (AvgIpc) is 2.61. The van der Waals surface area contributed by atoms with E-state index in [9.17, 15) is 4.79 Å². The van der Waals surface area contributed by atoms with Crippen molar-refractivity contribution in [2.75, 3.05) is 13.3 Å². The van der Waals surface area contributed by atoms with Crippen LogP contribution in [0.2, 0.25) is 0 Å². The molecule has 1 aromatic rings. The summed E-state index contributed by atoms with van der Waals surface area (Å²) in [5, 5.41) is 1.70. The van der Waals surface area contributed by atoms with Gasteiger partial charge in [0, 0.05) is 6.54 Å². The van der Waals surface area contributed by atoms with Crippen molar-refractivity contribution < 1.29 is 14.4 Å². The van der Waals surface area contributed by atoms with Crippen LogP contribution in [0.5, 0.6) is 0 Å². The molecular weight excluding hydrogens is 302 g/mol. The van der Waals surface area contributed by atoms with Crippen molar-refractivity contribution in [1.82, 2.24) is 5.06 Å². The molecule has 0 atom stereocenters. The lowest BCUT2D eigenvalue weighted by molar-refractivity contribution is -0.233. The van der Waals surface area contributed by atoms with Gasteiger partial charge in [-0.2, -0.15) is 5.06 Å². The van der Waals surface area contributed by atoms with Crippen LogP contribution in [0, 0.1) is 0 Å². The zero-order valence-corrected chi connectivity index (χ0v) is 15.0. The Hall–Kier alpha value is -1.39. The molecule has 4 nitrogen and oxygen atoms in total. The van der Waals surface area contributed by atoms with Crippen molar-refractivity contribution in [3.8, 4) is 0 Å². The molecule has 134 valence electrons. The number of esters is 1. The number of cyclic esters (lactones) is 1. The number of nitrogens with zero attached hydrogens (tertiary/aromatic N) is 1. The molecule has 24 heavy (non-hydrogen) atoms. The van der Waals surface area contributed by atoms with Crippen LogP contribution in [0.4, 0.5) is 0 Å². The third-order valence-corrected chi connectivity index (χ3v) is 4.44. The Morgan fingerprint density at radius 3 is 2.33 bits per heavy atom. The molecule has 0 amide bonds. The summed E-state index contributed by atoms with van der Waals surface area (Å²) in [4.78, 5) is 16.6. The Morgan fingerprint density at radius 2 is 1.67 bits per heavy atom. The highest BCUT2D eigenvalue weighted by Crippen LogP contribution is 2.13. The standard InChI is InChI=1S/C20H31NO3/c1-2-3-4-5-6-7-8-9-18-10-12-19(13-11-18)16-24-21-15-14-20(22)23-17-21/h10-13H,2-9,14-17H2,1H3. The lowest BCUT2D eigenvalue weighted by atomic mass is 10.0. The van der Waals surface area contributed by atoms with Crippen LogP contribution in [0.3, 0.4) is 0 Å². The maximum absolute atomic E-state index is 11.0. The van der Waals surface area contributed by atoms with Crippen molar-refractivity contribution in [1.29, 1.82) is 0 Å². The van der Waals surface area contributed by atoms with E-state index in [-0.39, 0.29) is 12.7 Å². The van der Waals surface area contributed by atoms with Crippen LogP contribution in [-0.2, 0) is 27.4 Å². The fraction of sp³-hybridized carbons (Fsp3) is 0.650. The number of hydrogen-bond donors (Lipinski definition) is 0. The van der Waals surface area contributed by atoms with Crippen LogP contribution in [-0.4, -0.2) is 24.3 Å². The predicted octanol–water partition coefficient (Wildman–Crippen LogP) is 4.62. The summed E-state index contributed by atoms with van der Waals surface area (Å²) in [5.74, 6) is -0.149. The summed E-state index contributed by atoms with van der Waals surface area (Å²) in [5.41, 5.74) is 2.55. The summed E-state index contributed by atoms with van der Waals surface area (Å²) in [6.45, 7) is 3.62. The second kappa shape index (κ2) is 11.2. The van der Waals surface area contributed by atoms with Crippen molar-refractivity contribution >= 4 is 5.97 Å². The second-order valence-corrected chi connectivity index (χ2v) is 6.56. The van der Waals surface area contributed by atoms with Crippen LogP contribution in [0.15, 0.2) is 24.3 Å². The summed E-state index contributed by atoms with van der Waals surface area (Å²) in [7, 11) is 0. The number of benzene rings is 1. The number of rotatable bonds is 11. The van der Waals surface area contributed by atoms with Gasteiger partial charge in [-0.05, 0) is 24.0 Å². The molecule has 0 bridgehead atoms. The first-order valence-corrected chi connectivity index (χ1v) is 9.39. The number of aryl methyl sites for hydroxylation is 1. The molecule has 0 unspecified atom stereocenters. The molecule has 0 N–H and O–H groups in total. The summed E-state index contributed by atoms with van der Waals surface area (Å²) in [6, 6.07) is 8.66. The smallest absolute Gasteiger partial charge is 0.308 e. The van der Waals surface area contributed by atoms with Gasteiger partial charge >= 0.3 is 5.97 Å². The highest BCUT2D eigenvalue weighted by Gasteiger charge is 2.17. The van der Waals surface area contributed by atoms with E-state index in [2.05, 4.69) is 31.2 Å². The minimum Gasteiger partial charge on any atom is -0.447 e. The molecule has 1 aliphatic heterocycles. The summed E-state index contributed by atoms with van der Waals surface area (Å²) >= 11 is 0. The maximum atomic E-state index is 11.0. The molecule has 1 heterocycles. The van der Waals surface area contributed by atoms with E-state index >= 15 is 0 Å². The van der Waals surface area contributed by atoms with Gasteiger partial charge in [0.1, 0.15) is 0 Å². The fourth-order valence-corrected chi connectivity index (χ4v) is 2.85.